The summed E-state index contributed by atoms with van der Waals surface area (Å²) in [6, 6.07) is 12.5. The Morgan fingerprint density at radius 1 is 0.469 bits per heavy atom. The first kappa shape index (κ1) is 35.0. The summed E-state index contributed by atoms with van der Waals surface area (Å²) in [6.45, 7) is 41.7. The molecule has 0 aliphatic carbocycles. The van der Waals surface area contributed by atoms with Gasteiger partial charge in [0.15, 0.2) is 0 Å². The molecule has 0 bridgehead atoms. The molecule has 1 heteroatoms. The van der Waals surface area contributed by atoms with Crippen LogP contribution >= 0.6 is 0 Å². The molecule has 0 radical (unpaired) electrons. The van der Waals surface area contributed by atoms with E-state index in [4.69, 9.17) is 0 Å². The standard InChI is InChI=1S/C25H51.C6H5.K/c1-18(2)20(6,7)22(10,11)24(14,15)25(16,17)23(12,13)21(8,9)19(3,4)5;1-2-4-6-5-3-1;/h1-17H3;1-5H;/q2*-1;+1. The molecule has 0 aliphatic heterocycles. The van der Waals surface area contributed by atoms with Crippen LogP contribution in [0.15, 0.2) is 30.3 Å². The molecular weight excluding hydrogens is 411 g/mol. The van der Waals surface area contributed by atoms with Crippen LogP contribution in [-0.4, -0.2) is 0 Å². The molecule has 0 fully saturated rings. The second kappa shape index (κ2) is 11.3. The van der Waals surface area contributed by atoms with E-state index in [0.29, 0.717) is 0 Å². The molecule has 0 nitrogen and oxygen atoms in total. The maximum Gasteiger partial charge on any atom is 1.00 e. The van der Waals surface area contributed by atoms with E-state index >= 15 is 0 Å². The fourth-order valence-corrected chi connectivity index (χ4v) is 5.03. The first-order chi connectivity index (χ1) is 13.4. The average molecular weight is 468 g/mol. The fourth-order valence-electron chi connectivity index (χ4n) is 5.03. The largest absolute Gasteiger partial charge is 1.00 e. The van der Waals surface area contributed by atoms with Gasteiger partial charge in [-0.2, -0.15) is 55.7 Å². The van der Waals surface area contributed by atoms with Gasteiger partial charge in [0.2, 0.25) is 0 Å². The van der Waals surface area contributed by atoms with Gasteiger partial charge >= 0.3 is 51.4 Å². The van der Waals surface area contributed by atoms with Crippen LogP contribution < -0.4 is 51.4 Å². The topological polar surface area (TPSA) is 0 Å². The van der Waals surface area contributed by atoms with Gasteiger partial charge in [-0.05, 0) is 27.1 Å². The molecule has 0 aromatic heterocycles. The molecule has 32 heavy (non-hydrogen) atoms. The smallest absolute Gasteiger partial charge is 0.314 e. The van der Waals surface area contributed by atoms with Crippen molar-refractivity contribution in [3.8, 4) is 0 Å². The van der Waals surface area contributed by atoms with Gasteiger partial charge in [-0.3, -0.25) is 0 Å². The van der Waals surface area contributed by atoms with Crippen molar-refractivity contribution in [3.05, 3.63) is 42.3 Å². The number of benzene rings is 1. The van der Waals surface area contributed by atoms with Gasteiger partial charge < -0.3 is 5.92 Å². The summed E-state index contributed by atoms with van der Waals surface area (Å²) >= 11 is 0. The molecule has 0 saturated carbocycles. The van der Waals surface area contributed by atoms with Crippen LogP contribution in [-0.2, 0) is 0 Å². The molecule has 0 amide bonds. The van der Waals surface area contributed by atoms with Crippen LogP contribution in [0.4, 0.5) is 0 Å². The molecule has 0 heterocycles. The minimum Gasteiger partial charge on any atom is -0.314 e. The Morgan fingerprint density at radius 2 is 0.781 bits per heavy atom. The summed E-state index contributed by atoms with van der Waals surface area (Å²) in [7, 11) is 0. The van der Waals surface area contributed by atoms with Crippen molar-refractivity contribution in [2.75, 3.05) is 0 Å². The molecule has 0 N–H and O–H groups in total. The van der Waals surface area contributed by atoms with E-state index in [1.165, 1.54) is 5.92 Å². The molecular formula is C31H56K-. The van der Waals surface area contributed by atoms with E-state index in [1.807, 2.05) is 30.3 Å². The van der Waals surface area contributed by atoms with E-state index in [-0.39, 0.29) is 89.3 Å². The maximum atomic E-state index is 2.89. The van der Waals surface area contributed by atoms with Crippen molar-refractivity contribution < 1.29 is 51.4 Å². The van der Waals surface area contributed by atoms with Gasteiger partial charge in [0.25, 0.3) is 0 Å². The van der Waals surface area contributed by atoms with Gasteiger partial charge in [0.05, 0.1) is 0 Å². The summed E-state index contributed by atoms with van der Waals surface area (Å²) < 4.78 is 0. The van der Waals surface area contributed by atoms with Crippen molar-refractivity contribution in [3.63, 3.8) is 0 Å². The Hall–Kier alpha value is 0.856. The van der Waals surface area contributed by atoms with Crippen molar-refractivity contribution in [2.45, 2.75) is 118 Å². The summed E-state index contributed by atoms with van der Waals surface area (Å²) in [4.78, 5) is 0. The van der Waals surface area contributed by atoms with Gasteiger partial charge in [0, 0.05) is 0 Å². The Bertz CT molecular complexity index is 637. The van der Waals surface area contributed by atoms with Crippen molar-refractivity contribution >= 4 is 0 Å². The van der Waals surface area contributed by atoms with Gasteiger partial charge in [-0.15, -0.1) is 0 Å². The molecule has 1 rings (SSSR count). The van der Waals surface area contributed by atoms with E-state index in [1.54, 1.807) is 0 Å². The van der Waals surface area contributed by atoms with Crippen molar-refractivity contribution in [2.24, 2.45) is 37.9 Å². The molecule has 1 aromatic rings. The molecule has 0 saturated heterocycles. The SMILES string of the molecule is C[C-](C)C(C)(C)C(C)(C)C(C)(C)C(C)(C)C(C)(C)C(C)(C)C(C)(C)C.[K+].[c-]1ccccc1. The third-order valence-electron chi connectivity index (χ3n) is 11.5. The van der Waals surface area contributed by atoms with Gasteiger partial charge in [0.1, 0.15) is 0 Å². The Kier molecular flexibility index (Phi) is 12.3. The van der Waals surface area contributed by atoms with Crippen LogP contribution in [0.25, 0.3) is 0 Å². The van der Waals surface area contributed by atoms with Crippen LogP contribution in [0.3, 0.4) is 0 Å². The second-order valence-electron chi connectivity index (χ2n) is 14.1. The summed E-state index contributed by atoms with van der Waals surface area (Å²) in [5, 5.41) is 0. The summed E-state index contributed by atoms with van der Waals surface area (Å²) in [5.41, 5.74) is 1.24. The third-order valence-corrected chi connectivity index (χ3v) is 11.5. The molecule has 0 unspecified atom stereocenters. The Morgan fingerprint density at radius 3 is 1.00 bits per heavy atom. The van der Waals surface area contributed by atoms with Crippen LogP contribution in [0.2, 0.25) is 0 Å². The second-order valence-corrected chi connectivity index (χ2v) is 14.1. The Labute approximate surface area is 246 Å². The molecule has 1 aromatic carbocycles. The summed E-state index contributed by atoms with van der Waals surface area (Å²) in [6.07, 6.45) is 0. The van der Waals surface area contributed by atoms with E-state index in [0.717, 1.165) is 0 Å². The average Bonchev–Trinajstić information content (AvgIpc) is 2.61. The first-order valence-electron chi connectivity index (χ1n) is 12.2. The van der Waals surface area contributed by atoms with Crippen LogP contribution in [0.1, 0.15) is 118 Å². The molecule has 0 spiro atoms. The third kappa shape index (κ3) is 6.15. The normalized spacial score (nSPS) is 14.4. The molecule has 0 aliphatic rings. The minimum atomic E-state index is 0. The Balaban J connectivity index is 0. The van der Waals surface area contributed by atoms with Crippen molar-refractivity contribution in [1.82, 2.24) is 0 Å². The van der Waals surface area contributed by atoms with Gasteiger partial charge in [-0.25, -0.2) is 0 Å². The zero-order chi connectivity index (χ0) is 25.3. The minimum absolute atomic E-state index is 0. The predicted molar refractivity (Wildman–Crippen MR) is 142 cm³/mol. The van der Waals surface area contributed by atoms with Crippen LogP contribution in [0, 0.1) is 49.9 Å². The van der Waals surface area contributed by atoms with Crippen LogP contribution in [0.5, 0.6) is 0 Å². The fraction of sp³-hybridized carbons (Fsp3) is 0.774. The van der Waals surface area contributed by atoms with Gasteiger partial charge in [-0.1, -0.05) is 109 Å². The molecule has 182 valence electrons. The summed E-state index contributed by atoms with van der Waals surface area (Å²) in [5.74, 6) is 1.52. The van der Waals surface area contributed by atoms with E-state index in [2.05, 4.69) is 124 Å². The number of hydrogen-bond donors (Lipinski definition) is 0. The quantitative estimate of drug-likeness (QED) is 0.304. The van der Waals surface area contributed by atoms with Crippen molar-refractivity contribution in [1.29, 1.82) is 0 Å². The predicted octanol–water partition coefficient (Wildman–Crippen LogP) is 7.29. The number of hydrogen-bond acceptors (Lipinski definition) is 0. The maximum absolute atomic E-state index is 2.89. The zero-order valence-electron chi connectivity index (χ0n) is 25.4. The van der Waals surface area contributed by atoms with E-state index < -0.39 is 0 Å². The first-order valence-corrected chi connectivity index (χ1v) is 12.2. The number of rotatable bonds is 6. The van der Waals surface area contributed by atoms with E-state index in [9.17, 15) is 0 Å². The zero-order valence-corrected chi connectivity index (χ0v) is 28.5. The molecule has 0 atom stereocenters. The monoisotopic (exact) mass is 467 g/mol.